The summed E-state index contributed by atoms with van der Waals surface area (Å²) >= 11 is 7.50. The Hall–Kier alpha value is -2.05. The summed E-state index contributed by atoms with van der Waals surface area (Å²) in [4.78, 5) is 24.8. The molecule has 0 unspecified atom stereocenters. The lowest BCUT2D eigenvalue weighted by Gasteiger charge is -2.18. The molecule has 0 aliphatic heterocycles. The van der Waals surface area contributed by atoms with Crippen molar-refractivity contribution in [1.82, 2.24) is 16.0 Å². The van der Waals surface area contributed by atoms with Gasteiger partial charge < -0.3 is 16.0 Å². The fourth-order valence-corrected chi connectivity index (χ4v) is 3.19. The van der Waals surface area contributed by atoms with Crippen molar-refractivity contribution in [3.05, 3.63) is 57.2 Å². The second-order valence-corrected chi connectivity index (χ2v) is 7.08. The topological polar surface area (TPSA) is 70.2 Å². The number of nitrogens with one attached hydrogen (secondary N) is 3. The number of hydrogen-bond acceptors (Lipinski definition) is 3. The third-order valence-corrected chi connectivity index (χ3v) is 4.85. The highest BCUT2D eigenvalue weighted by Crippen LogP contribution is 2.27. The minimum absolute atomic E-state index is 0.0615. The van der Waals surface area contributed by atoms with Crippen LogP contribution in [0.2, 0.25) is 5.02 Å². The van der Waals surface area contributed by atoms with Gasteiger partial charge in [0.25, 0.3) is 0 Å². The molecule has 2 aromatic rings. The first-order chi connectivity index (χ1) is 11.6. The van der Waals surface area contributed by atoms with Gasteiger partial charge in [0.1, 0.15) is 0 Å². The van der Waals surface area contributed by atoms with Gasteiger partial charge in [-0.15, -0.1) is 11.3 Å². The van der Waals surface area contributed by atoms with Gasteiger partial charge in [-0.2, -0.15) is 0 Å². The summed E-state index contributed by atoms with van der Waals surface area (Å²) in [5.41, 5.74) is 0.942. The highest BCUT2D eigenvalue weighted by molar-refractivity contribution is 7.10. The predicted octanol–water partition coefficient (Wildman–Crippen LogP) is 3.07. The molecule has 1 atom stereocenters. The normalized spacial score (nSPS) is 14.7. The first-order valence-electron chi connectivity index (χ1n) is 7.74. The maximum absolute atomic E-state index is 12.2. The molecule has 7 heteroatoms. The van der Waals surface area contributed by atoms with E-state index in [-0.39, 0.29) is 30.6 Å². The van der Waals surface area contributed by atoms with Crippen molar-refractivity contribution in [3.63, 3.8) is 0 Å². The number of thiophene rings is 1. The second kappa shape index (κ2) is 7.68. The average Bonchev–Trinajstić information content (AvgIpc) is 3.21. The van der Waals surface area contributed by atoms with Gasteiger partial charge in [-0.3, -0.25) is 4.79 Å². The van der Waals surface area contributed by atoms with Crippen molar-refractivity contribution in [2.45, 2.75) is 24.9 Å². The molecule has 126 valence electrons. The number of halogens is 1. The smallest absolute Gasteiger partial charge is 0.315 e. The lowest BCUT2D eigenvalue weighted by molar-refractivity contribution is -0.120. The molecule has 3 amide bonds. The Morgan fingerprint density at radius 1 is 1.21 bits per heavy atom. The van der Waals surface area contributed by atoms with Gasteiger partial charge >= 0.3 is 6.03 Å². The lowest BCUT2D eigenvalue weighted by Crippen LogP contribution is -2.43. The molecule has 1 aromatic heterocycles. The summed E-state index contributed by atoms with van der Waals surface area (Å²) in [6, 6.07) is 11.0. The maximum Gasteiger partial charge on any atom is 0.315 e. The Morgan fingerprint density at radius 3 is 2.58 bits per heavy atom. The van der Waals surface area contributed by atoms with E-state index in [0.717, 1.165) is 23.3 Å². The van der Waals surface area contributed by atoms with E-state index in [1.54, 1.807) is 23.5 Å². The average molecular weight is 364 g/mol. The van der Waals surface area contributed by atoms with Crippen molar-refractivity contribution in [1.29, 1.82) is 0 Å². The van der Waals surface area contributed by atoms with Crippen LogP contribution in [-0.2, 0) is 4.79 Å². The first-order valence-corrected chi connectivity index (χ1v) is 9.00. The molecule has 3 rings (SSSR count). The SMILES string of the molecule is O=C(CNC(=O)NC1CC1)N[C@H](c1ccc(Cl)cc1)c1cccs1. The van der Waals surface area contributed by atoms with Crippen LogP contribution in [0.1, 0.15) is 29.3 Å². The Balaban J connectivity index is 1.62. The van der Waals surface area contributed by atoms with Gasteiger partial charge in [0.15, 0.2) is 0 Å². The Bertz CT molecular complexity index is 699. The predicted molar refractivity (Wildman–Crippen MR) is 95.3 cm³/mol. The molecule has 1 aromatic carbocycles. The quantitative estimate of drug-likeness (QED) is 0.738. The summed E-state index contributed by atoms with van der Waals surface area (Å²) in [6.07, 6.45) is 2.02. The number of amides is 3. The van der Waals surface area contributed by atoms with E-state index in [0.29, 0.717) is 5.02 Å². The van der Waals surface area contributed by atoms with Crippen LogP contribution in [0, 0.1) is 0 Å². The first kappa shape index (κ1) is 16.8. The third kappa shape index (κ3) is 4.72. The highest BCUT2D eigenvalue weighted by Gasteiger charge is 2.23. The van der Waals surface area contributed by atoms with Crippen LogP contribution in [0.25, 0.3) is 0 Å². The Labute approximate surface area is 149 Å². The molecule has 1 aliphatic rings. The summed E-state index contributed by atoms with van der Waals surface area (Å²) in [5.74, 6) is -0.241. The van der Waals surface area contributed by atoms with Crippen LogP contribution in [-0.4, -0.2) is 24.5 Å². The van der Waals surface area contributed by atoms with Crippen molar-refractivity contribution in [2.75, 3.05) is 6.54 Å². The summed E-state index contributed by atoms with van der Waals surface area (Å²) in [5, 5.41) is 10.9. The van der Waals surface area contributed by atoms with Crippen LogP contribution < -0.4 is 16.0 Å². The molecular formula is C17H18ClN3O2S. The van der Waals surface area contributed by atoms with Crippen LogP contribution in [0.3, 0.4) is 0 Å². The van der Waals surface area contributed by atoms with Crippen molar-refractivity contribution in [2.24, 2.45) is 0 Å². The van der Waals surface area contributed by atoms with Crippen LogP contribution in [0.15, 0.2) is 41.8 Å². The highest BCUT2D eigenvalue weighted by atomic mass is 35.5. The molecule has 1 heterocycles. The van der Waals surface area contributed by atoms with Gasteiger partial charge in [-0.1, -0.05) is 29.8 Å². The molecule has 0 bridgehead atoms. The monoisotopic (exact) mass is 363 g/mol. The molecule has 1 saturated carbocycles. The third-order valence-electron chi connectivity index (χ3n) is 3.66. The molecule has 0 radical (unpaired) electrons. The fourth-order valence-electron chi connectivity index (χ4n) is 2.27. The van der Waals surface area contributed by atoms with Crippen molar-refractivity contribution in [3.8, 4) is 0 Å². The van der Waals surface area contributed by atoms with Crippen LogP contribution >= 0.6 is 22.9 Å². The Morgan fingerprint density at radius 2 is 1.96 bits per heavy atom. The molecule has 1 fully saturated rings. The zero-order valence-corrected chi connectivity index (χ0v) is 14.5. The zero-order chi connectivity index (χ0) is 16.9. The minimum Gasteiger partial charge on any atom is -0.343 e. The number of benzene rings is 1. The molecule has 1 aliphatic carbocycles. The Kier molecular flexibility index (Phi) is 5.37. The minimum atomic E-state index is -0.299. The largest absolute Gasteiger partial charge is 0.343 e. The number of rotatable bonds is 6. The second-order valence-electron chi connectivity index (χ2n) is 5.67. The summed E-state index contributed by atoms with van der Waals surface area (Å²) < 4.78 is 0. The lowest BCUT2D eigenvalue weighted by atomic mass is 10.1. The van der Waals surface area contributed by atoms with E-state index in [1.807, 2.05) is 29.6 Å². The van der Waals surface area contributed by atoms with Gasteiger partial charge in [-0.25, -0.2) is 4.79 Å². The van der Waals surface area contributed by atoms with Gasteiger partial charge in [-0.05, 0) is 42.0 Å². The van der Waals surface area contributed by atoms with E-state index in [1.165, 1.54) is 0 Å². The van der Waals surface area contributed by atoms with Gasteiger partial charge in [0, 0.05) is 15.9 Å². The van der Waals surface area contributed by atoms with Gasteiger partial charge in [0.05, 0.1) is 12.6 Å². The van der Waals surface area contributed by atoms with E-state index < -0.39 is 0 Å². The zero-order valence-electron chi connectivity index (χ0n) is 12.9. The number of carbonyl (C=O) groups is 2. The van der Waals surface area contributed by atoms with E-state index in [9.17, 15) is 9.59 Å². The maximum atomic E-state index is 12.2. The van der Waals surface area contributed by atoms with E-state index in [4.69, 9.17) is 11.6 Å². The summed E-state index contributed by atoms with van der Waals surface area (Å²) in [7, 11) is 0. The fraction of sp³-hybridized carbons (Fsp3) is 0.294. The van der Waals surface area contributed by atoms with Crippen molar-refractivity contribution < 1.29 is 9.59 Å². The number of hydrogen-bond donors (Lipinski definition) is 3. The van der Waals surface area contributed by atoms with Crippen LogP contribution in [0.5, 0.6) is 0 Å². The van der Waals surface area contributed by atoms with Gasteiger partial charge in [0.2, 0.25) is 5.91 Å². The summed E-state index contributed by atoms with van der Waals surface area (Å²) in [6.45, 7) is -0.0615. The molecule has 3 N–H and O–H groups in total. The molecular weight excluding hydrogens is 346 g/mol. The molecule has 0 saturated heterocycles. The van der Waals surface area contributed by atoms with E-state index in [2.05, 4.69) is 16.0 Å². The van der Waals surface area contributed by atoms with Crippen molar-refractivity contribution >= 4 is 34.9 Å². The molecule has 5 nitrogen and oxygen atoms in total. The standard InChI is InChI=1S/C17H18ClN3O2S/c18-12-5-3-11(4-6-12)16(14-2-1-9-24-14)21-15(22)10-19-17(23)20-13-7-8-13/h1-6,9,13,16H,7-8,10H2,(H,21,22)(H2,19,20,23)/t16-/m1/s1. The number of urea groups is 1. The number of carbonyl (C=O) groups excluding carboxylic acids is 2. The molecule has 0 spiro atoms. The van der Waals surface area contributed by atoms with Crippen LogP contribution in [0.4, 0.5) is 4.79 Å². The molecule has 24 heavy (non-hydrogen) atoms. The van der Waals surface area contributed by atoms with E-state index >= 15 is 0 Å².